The van der Waals surface area contributed by atoms with Crippen molar-refractivity contribution < 1.29 is 9.59 Å². The summed E-state index contributed by atoms with van der Waals surface area (Å²) < 4.78 is 0. The molecule has 0 N–H and O–H groups in total. The van der Waals surface area contributed by atoms with E-state index in [0.717, 1.165) is 17.4 Å². The van der Waals surface area contributed by atoms with E-state index in [2.05, 4.69) is 0 Å². The minimum absolute atomic E-state index is 0.139. The van der Waals surface area contributed by atoms with Gasteiger partial charge in [-0.25, -0.2) is 0 Å². The predicted molar refractivity (Wildman–Crippen MR) is 59.3 cm³/mol. The quantitative estimate of drug-likeness (QED) is 0.690. The highest BCUT2D eigenvalue weighted by Gasteiger charge is 2.14. The number of carbonyl (C=O) groups is 2. The number of nitrogens with zero attached hydrogens (tertiary/aromatic N) is 1. The molecule has 0 saturated heterocycles. The van der Waals surface area contributed by atoms with Gasteiger partial charge in [0.1, 0.15) is 0 Å². The summed E-state index contributed by atoms with van der Waals surface area (Å²) in [5.41, 5.74) is 2.97. The molecule has 1 aromatic carbocycles. The zero-order valence-electron chi connectivity index (χ0n) is 9.50. The van der Waals surface area contributed by atoms with Gasteiger partial charge in [-0.1, -0.05) is 0 Å². The summed E-state index contributed by atoms with van der Waals surface area (Å²) in [5, 5.41) is 0. The van der Waals surface area contributed by atoms with Crippen LogP contribution in [0.4, 0.5) is 0 Å². The van der Waals surface area contributed by atoms with Gasteiger partial charge in [0.15, 0.2) is 6.29 Å². The largest absolute Gasteiger partial charge is 0.345 e. The lowest BCUT2D eigenvalue weighted by molar-refractivity contribution is 0.0824. The van der Waals surface area contributed by atoms with Crippen LogP contribution in [0.1, 0.15) is 31.8 Å². The lowest BCUT2D eigenvalue weighted by atomic mass is 10.00. The highest BCUT2D eigenvalue weighted by molar-refractivity contribution is 6.01. The number of benzene rings is 1. The van der Waals surface area contributed by atoms with Crippen molar-refractivity contribution >= 4 is 12.2 Å². The second-order valence-electron chi connectivity index (χ2n) is 3.84. The number of rotatable bonds is 2. The summed E-state index contributed by atoms with van der Waals surface area (Å²) in [7, 11) is 3.35. The van der Waals surface area contributed by atoms with E-state index < -0.39 is 0 Å². The average molecular weight is 205 g/mol. The van der Waals surface area contributed by atoms with E-state index in [0.29, 0.717) is 11.1 Å². The molecule has 0 atom stereocenters. The Bertz CT molecular complexity index is 408. The van der Waals surface area contributed by atoms with Gasteiger partial charge >= 0.3 is 0 Å². The highest BCUT2D eigenvalue weighted by atomic mass is 16.2. The molecule has 0 saturated carbocycles. The first-order chi connectivity index (χ1) is 6.97. The minimum Gasteiger partial charge on any atom is -0.345 e. The normalized spacial score (nSPS) is 9.87. The van der Waals surface area contributed by atoms with Crippen LogP contribution in [0, 0.1) is 13.8 Å². The van der Waals surface area contributed by atoms with Crippen molar-refractivity contribution in [3.05, 3.63) is 34.4 Å². The molecule has 15 heavy (non-hydrogen) atoms. The third-order valence-electron chi connectivity index (χ3n) is 2.43. The Morgan fingerprint density at radius 3 is 2.20 bits per heavy atom. The van der Waals surface area contributed by atoms with Crippen LogP contribution >= 0.6 is 0 Å². The lowest BCUT2D eigenvalue weighted by Crippen LogP contribution is -2.23. The predicted octanol–water partition coefficient (Wildman–Crippen LogP) is 1.82. The van der Waals surface area contributed by atoms with E-state index in [1.807, 2.05) is 13.8 Å². The van der Waals surface area contributed by atoms with Crippen LogP contribution < -0.4 is 0 Å². The molecular formula is C12H15NO2. The van der Waals surface area contributed by atoms with Crippen molar-refractivity contribution in [3.63, 3.8) is 0 Å². The Hall–Kier alpha value is -1.64. The van der Waals surface area contributed by atoms with E-state index in [-0.39, 0.29) is 5.91 Å². The number of aldehydes is 1. The molecule has 0 aliphatic heterocycles. The van der Waals surface area contributed by atoms with Crippen molar-refractivity contribution in [3.8, 4) is 0 Å². The Kier molecular flexibility index (Phi) is 3.24. The summed E-state index contributed by atoms with van der Waals surface area (Å²) in [4.78, 5) is 24.1. The van der Waals surface area contributed by atoms with Crippen LogP contribution in [0.5, 0.6) is 0 Å². The van der Waals surface area contributed by atoms with Crippen molar-refractivity contribution in [2.24, 2.45) is 0 Å². The van der Waals surface area contributed by atoms with Gasteiger partial charge in [0.05, 0.1) is 5.56 Å². The summed E-state index contributed by atoms with van der Waals surface area (Å²) in [5.74, 6) is -0.139. The van der Waals surface area contributed by atoms with Crippen LogP contribution in [0.3, 0.4) is 0 Å². The number of aryl methyl sites for hydroxylation is 2. The first kappa shape index (κ1) is 11.4. The Labute approximate surface area is 89.7 Å². The molecule has 3 heteroatoms. The fourth-order valence-corrected chi connectivity index (χ4v) is 1.36. The summed E-state index contributed by atoms with van der Waals surface area (Å²) in [6, 6.07) is 3.51. The first-order valence-electron chi connectivity index (χ1n) is 4.75. The lowest BCUT2D eigenvalue weighted by Gasteiger charge is -2.13. The summed E-state index contributed by atoms with van der Waals surface area (Å²) in [6.07, 6.45) is 0.725. The van der Waals surface area contributed by atoms with E-state index >= 15 is 0 Å². The zero-order chi connectivity index (χ0) is 11.6. The molecular weight excluding hydrogens is 190 g/mol. The van der Waals surface area contributed by atoms with Gasteiger partial charge in [0.25, 0.3) is 5.91 Å². The molecule has 0 fully saturated rings. The molecule has 1 amide bonds. The maximum Gasteiger partial charge on any atom is 0.254 e. The van der Waals surface area contributed by atoms with Gasteiger partial charge in [-0.3, -0.25) is 9.59 Å². The van der Waals surface area contributed by atoms with Crippen LogP contribution in [0.2, 0.25) is 0 Å². The third-order valence-corrected chi connectivity index (χ3v) is 2.43. The van der Waals surface area contributed by atoms with Gasteiger partial charge in [-0.2, -0.15) is 0 Å². The average Bonchev–Trinajstić information content (AvgIpc) is 2.20. The van der Waals surface area contributed by atoms with Crippen LogP contribution in [0.15, 0.2) is 12.1 Å². The fourth-order valence-electron chi connectivity index (χ4n) is 1.36. The van der Waals surface area contributed by atoms with Gasteiger partial charge in [0, 0.05) is 19.7 Å². The molecule has 0 unspecified atom stereocenters. The van der Waals surface area contributed by atoms with Gasteiger partial charge < -0.3 is 4.90 Å². The summed E-state index contributed by atoms with van der Waals surface area (Å²) in [6.45, 7) is 3.85. The number of amides is 1. The van der Waals surface area contributed by atoms with Crippen molar-refractivity contribution in [2.45, 2.75) is 13.8 Å². The molecule has 0 radical (unpaired) electrons. The molecule has 0 aromatic heterocycles. The maximum atomic E-state index is 11.8. The molecule has 0 heterocycles. The Morgan fingerprint density at radius 1 is 1.20 bits per heavy atom. The second kappa shape index (κ2) is 4.26. The minimum atomic E-state index is -0.139. The molecule has 0 bridgehead atoms. The van der Waals surface area contributed by atoms with Crippen molar-refractivity contribution in [2.75, 3.05) is 14.1 Å². The maximum absolute atomic E-state index is 11.8. The standard InChI is InChI=1S/C12H15NO2/c1-8-5-10(7-14)11(6-9(8)2)12(15)13(3)4/h5-7H,1-4H3. The van der Waals surface area contributed by atoms with E-state index in [1.165, 1.54) is 4.90 Å². The number of hydrogen-bond acceptors (Lipinski definition) is 2. The molecule has 0 aliphatic carbocycles. The van der Waals surface area contributed by atoms with Gasteiger partial charge in [-0.15, -0.1) is 0 Å². The highest BCUT2D eigenvalue weighted by Crippen LogP contribution is 2.15. The van der Waals surface area contributed by atoms with E-state index in [1.54, 1.807) is 26.2 Å². The topological polar surface area (TPSA) is 37.4 Å². The third kappa shape index (κ3) is 2.24. The van der Waals surface area contributed by atoms with Gasteiger partial charge in [0.2, 0.25) is 0 Å². The molecule has 80 valence electrons. The first-order valence-corrected chi connectivity index (χ1v) is 4.75. The fraction of sp³-hybridized carbons (Fsp3) is 0.333. The zero-order valence-corrected chi connectivity index (χ0v) is 9.50. The molecule has 0 spiro atoms. The number of hydrogen-bond donors (Lipinski definition) is 0. The molecule has 1 aromatic rings. The van der Waals surface area contributed by atoms with Crippen LogP contribution in [-0.2, 0) is 0 Å². The van der Waals surface area contributed by atoms with Crippen molar-refractivity contribution in [1.82, 2.24) is 4.90 Å². The molecule has 0 aliphatic rings. The van der Waals surface area contributed by atoms with Crippen LogP contribution in [0.25, 0.3) is 0 Å². The van der Waals surface area contributed by atoms with E-state index in [4.69, 9.17) is 0 Å². The van der Waals surface area contributed by atoms with E-state index in [9.17, 15) is 9.59 Å². The Balaban J connectivity index is 3.34. The molecule has 3 nitrogen and oxygen atoms in total. The summed E-state index contributed by atoms with van der Waals surface area (Å²) >= 11 is 0. The second-order valence-corrected chi connectivity index (χ2v) is 3.84. The SMILES string of the molecule is Cc1cc(C=O)c(C(=O)N(C)C)cc1C. The number of carbonyl (C=O) groups excluding carboxylic acids is 2. The van der Waals surface area contributed by atoms with Crippen LogP contribution in [-0.4, -0.2) is 31.2 Å². The van der Waals surface area contributed by atoms with Gasteiger partial charge in [-0.05, 0) is 37.1 Å². The smallest absolute Gasteiger partial charge is 0.254 e. The molecule has 1 rings (SSSR count). The Morgan fingerprint density at radius 2 is 1.73 bits per heavy atom. The van der Waals surface area contributed by atoms with Crippen molar-refractivity contribution in [1.29, 1.82) is 0 Å². The monoisotopic (exact) mass is 205 g/mol.